The third-order valence-electron chi connectivity index (χ3n) is 2.96. The second-order valence-corrected chi connectivity index (χ2v) is 4.63. The van der Waals surface area contributed by atoms with Gasteiger partial charge in [-0.2, -0.15) is 0 Å². The van der Waals surface area contributed by atoms with Crippen LogP contribution < -0.4 is 0 Å². The van der Waals surface area contributed by atoms with E-state index < -0.39 is 0 Å². The molecule has 0 spiro atoms. The molecule has 0 amide bonds. The van der Waals surface area contributed by atoms with Gasteiger partial charge in [-0.05, 0) is 19.8 Å². The van der Waals surface area contributed by atoms with Gasteiger partial charge in [-0.25, -0.2) is 4.79 Å². The van der Waals surface area contributed by atoms with E-state index in [4.69, 9.17) is 4.74 Å². The minimum absolute atomic E-state index is 0.0436. The van der Waals surface area contributed by atoms with Crippen LogP contribution in [0.2, 0.25) is 0 Å². The standard InChI is InChI=1S/C14H27O2/c1-3-4-5-6-7-8-9-10-11-12-14(2)16-13-15/h14H,3-12H2,1-2H3. The largest absolute Gasteiger partial charge is 0.454 e. The first kappa shape index (κ1) is 15.5. The Kier molecular flexibility index (Phi) is 12.1. The summed E-state index contributed by atoms with van der Waals surface area (Å²) in [7, 11) is 0. The lowest BCUT2D eigenvalue weighted by Gasteiger charge is -2.07. The molecule has 0 saturated heterocycles. The van der Waals surface area contributed by atoms with Crippen molar-refractivity contribution in [3.63, 3.8) is 0 Å². The first-order chi connectivity index (χ1) is 7.81. The van der Waals surface area contributed by atoms with Crippen LogP contribution in [0.5, 0.6) is 0 Å². The normalized spacial score (nSPS) is 12.4. The molecule has 0 fully saturated rings. The molecule has 1 atom stereocenters. The van der Waals surface area contributed by atoms with Gasteiger partial charge in [0.25, 0.3) is 0 Å². The van der Waals surface area contributed by atoms with E-state index in [1.807, 2.05) is 6.92 Å². The first-order valence-corrected chi connectivity index (χ1v) is 6.84. The summed E-state index contributed by atoms with van der Waals surface area (Å²) in [6, 6.07) is 0. The average Bonchev–Trinajstić information content (AvgIpc) is 2.27. The highest BCUT2D eigenvalue weighted by atomic mass is 16.5. The molecule has 2 nitrogen and oxygen atoms in total. The second kappa shape index (κ2) is 12.5. The van der Waals surface area contributed by atoms with Crippen molar-refractivity contribution in [3.05, 3.63) is 0 Å². The maximum Gasteiger partial charge on any atom is 0.417 e. The van der Waals surface area contributed by atoms with Gasteiger partial charge in [0.15, 0.2) is 0 Å². The van der Waals surface area contributed by atoms with Crippen molar-refractivity contribution in [2.24, 2.45) is 0 Å². The van der Waals surface area contributed by atoms with Crippen LogP contribution in [0.3, 0.4) is 0 Å². The maximum atomic E-state index is 9.93. The highest BCUT2D eigenvalue weighted by molar-refractivity contribution is 5.38. The molecular formula is C14H27O2. The summed E-state index contributed by atoms with van der Waals surface area (Å²) in [5.41, 5.74) is 0. The Hall–Kier alpha value is -0.530. The molecule has 0 bridgehead atoms. The molecule has 0 aliphatic heterocycles. The molecule has 0 aromatic heterocycles. The fraction of sp³-hybridized carbons (Fsp3) is 0.929. The molecule has 0 aliphatic carbocycles. The van der Waals surface area contributed by atoms with Gasteiger partial charge in [0.05, 0.1) is 6.10 Å². The molecular weight excluding hydrogens is 200 g/mol. The number of ether oxygens (including phenoxy) is 1. The lowest BCUT2D eigenvalue weighted by molar-refractivity contribution is 0.181. The summed E-state index contributed by atoms with van der Waals surface area (Å²) in [5.74, 6) is 0. The van der Waals surface area contributed by atoms with Crippen molar-refractivity contribution in [3.8, 4) is 0 Å². The van der Waals surface area contributed by atoms with Gasteiger partial charge >= 0.3 is 6.47 Å². The van der Waals surface area contributed by atoms with Crippen molar-refractivity contribution < 1.29 is 9.53 Å². The van der Waals surface area contributed by atoms with Crippen LogP contribution >= 0.6 is 0 Å². The number of rotatable bonds is 12. The van der Waals surface area contributed by atoms with E-state index in [0.717, 1.165) is 12.8 Å². The van der Waals surface area contributed by atoms with E-state index in [9.17, 15) is 4.79 Å². The molecule has 0 aliphatic rings. The Morgan fingerprint density at radius 1 is 0.938 bits per heavy atom. The molecule has 0 saturated carbocycles. The Morgan fingerprint density at radius 3 is 1.94 bits per heavy atom. The van der Waals surface area contributed by atoms with Crippen molar-refractivity contribution >= 4 is 6.47 Å². The number of hydrogen-bond donors (Lipinski definition) is 0. The topological polar surface area (TPSA) is 26.3 Å². The lowest BCUT2D eigenvalue weighted by atomic mass is 10.1. The van der Waals surface area contributed by atoms with E-state index in [0.29, 0.717) is 0 Å². The summed E-state index contributed by atoms with van der Waals surface area (Å²) in [4.78, 5) is 9.93. The van der Waals surface area contributed by atoms with Crippen LogP contribution in [0, 0.1) is 0 Å². The number of carbonyl (C=O) groups excluding carboxylic acids is 1. The Labute approximate surface area is 101 Å². The van der Waals surface area contributed by atoms with E-state index in [-0.39, 0.29) is 6.10 Å². The molecule has 2 heteroatoms. The lowest BCUT2D eigenvalue weighted by Crippen LogP contribution is -2.05. The molecule has 95 valence electrons. The number of hydrogen-bond acceptors (Lipinski definition) is 2. The molecule has 0 aromatic carbocycles. The van der Waals surface area contributed by atoms with E-state index in [2.05, 4.69) is 6.92 Å². The van der Waals surface area contributed by atoms with Crippen molar-refractivity contribution in [1.29, 1.82) is 0 Å². The third kappa shape index (κ3) is 11.5. The monoisotopic (exact) mass is 227 g/mol. The smallest absolute Gasteiger partial charge is 0.417 e. The molecule has 1 unspecified atom stereocenters. The fourth-order valence-corrected chi connectivity index (χ4v) is 1.88. The van der Waals surface area contributed by atoms with E-state index in [1.165, 1.54) is 57.8 Å². The van der Waals surface area contributed by atoms with Crippen LogP contribution in [-0.2, 0) is 9.53 Å². The fourth-order valence-electron chi connectivity index (χ4n) is 1.88. The Morgan fingerprint density at radius 2 is 1.44 bits per heavy atom. The predicted molar refractivity (Wildman–Crippen MR) is 68.1 cm³/mol. The van der Waals surface area contributed by atoms with Gasteiger partial charge in [0, 0.05) is 0 Å². The Bertz CT molecular complexity index is 146. The van der Waals surface area contributed by atoms with Gasteiger partial charge in [0.2, 0.25) is 0 Å². The van der Waals surface area contributed by atoms with Gasteiger partial charge in [-0.15, -0.1) is 0 Å². The molecule has 0 N–H and O–H groups in total. The first-order valence-electron chi connectivity index (χ1n) is 6.84. The van der Waals surface area contributed by atoms with Crippen LogP contribution in [0.15, 0.2) is 0 Å². The highest BCUT2D eigenvalue weighted by Gasteiger charge is 2.01. The summed E-state index contributed by atoms with van der Waals surface area (Å²) in [6.07, 6.45) is 13.0. The molecule has 0 aromatic rings. The highest BCUT2D eigenvalue weighted by Crippen LogP contribution is 2.11. The van der Waals surface area contributed by atoms with Gasteiger partial charge < -0.3 is 4.74 Å². The van der Waals surface area contributed by atoms with Crippen LogP contribution in [0.25, 0.3) is 0 Å². The minimum Gasteiger partial charge on any atom is -0.454 e. The minimum atomic E-state index is 0.0436. The second-order valence-electron chi connectivity index (χ2n) is 4.63. The summed E-state index contributed by atoms with van der Waals surface area (Å²) < 4.78 is 4.71. The molecule has 1 radical (unpaired) electrons. The SMILES string of the molecule is CCCCCCCCCCCC(C)O[C]=O. The molecule has 0 rings (SSSR count). The summed E-state index contributed by atoms with van der Waals surface area (Å²) in [6.45, 7) is 5.67. The maximum absolute atomic E-state index is 9.93. The average molecular weight is 227 g/mol. The predicted octanol–water partition coefficient (Wildman–Crippen LogP) is 4.38. The van der Waals surface area contributed by atoms with Crippen LogP contribution in [-0.4, -0.2) is 12.6 Å². The zero-order chi connectivity index (χ0) is 12.1. The zero-order valence-corrected chi connectivity index (χ0v) is 11.0. The zero-order valence-electron chi connectivity index (χ0n) is 11.0. The summed E-state index contributed by atoms with van der Waals surface area (Å²) >= 11 is 0. The molecule has 0 heterocycles. The summed E-state index contributed by atoms with van der Waals surface area (Å²) in [5, 5.41) is 0. The van der Waals surface area contributed by atoms with E-state index >= 15 is 0 Å². The van der Waals surface area contributed by atoms with Gasteiger partial charge in [0.1, 0.15) is 0 Å². The van der Waals surface area contributed by atoms with E-state index in [1.54, 1.807) is 0 Å². The Balaban J connectivity index is 3.00. The van der Waals surface area contributed by atoms with Crippen LogP contribution in [0.1, 0.15) is 78.1 Å². The van der Waals surface area contributed by atoms with Gasteiger partial charge in [-0.3, -0.25) is 0 Å². The van der Waals surface area contributed by atoms with Crippen molar-refractivity contribution in [2.75, 3.05) is 0 Å². The van der Waals surface area contributed by atoms with Crippen molar-refractivity contribution in [1.82, 2.24) is 0 Å². The van der Waals surface area contributed by atoms with Gasteiger partial charge in [-0.1, -0.05) is 58.3 Å². The molecule has 16 heavy (non-hydrogen) atoms. The quantitative estimate of drug-likeness (QED) is 0.462. The van der Waals surface area contributed by atoms with Crippen molar-refractivity contribution in [2.45, 2.75) is 84.2 Å². The third-order valence-corrected chi connectivity index (χ3v) is 2.96. The number of unbranched alkanes of at least 4 members (excludes halogenated alkanes) is 8. The van der Waals surface area contributed by atoms with Crippen LogP contribution in [0.4, 0.5) is 0 Å².